The lowest BCUT2D eigenvalue weighted by molar-refractivity contribution is 0.245. The lowest BCUT2D eigenvalue weighted by Crippen LogP contribution is -2.22. The largest absolute Gasteiger partial charge is 0.506 e. The predicted octanol–water partition coefficient (Wildman–Crippen LogP) is 4.47. The number of aromatic nitrogens is 2. The number of aromatic hydroxyl groups is 1. The molecule has 0 fully saturated rings. The van der Waals surface area contributed by atoms with Crippen molar-refractivity contribution in [2.75, 3.05) is 0 Å². The standard InChI is InChI=1S/C22H21N3O/c26-22-13-23-11-10-18(22)15-25(14-17-6-2-1-3-7-17)16-19-12-24-21-9-5-4-8-20(19)21/h1-13,24,26H,14-16H2. The van der Waals surface area contributed by atoms with Gasteiger partial charge in [-0.15, -0.1) is 0 Å². The summed E-state index contributed by atoms with van der Waals surface area (Å²) in [6.45, 7) is 2.26. The third-order valence-corrected chi connectivity index (χ3v) is 4.60. The van der Waals surface area contributed by atoms with Gasteiger partial charge in [0.15, 0.2) is 0 Å². The van der Waals surface area contributed by atoms with Crippen LogP contribution >= 0.6 is 0 Å². The zero-order valence-corrected chi connectivity index (χ0v) is 14.5. The quantitative estimate of drug-likeness (QED) is 0.543. The normalized spacial score (nSPS) is 11.3. The second kappa shape index (κ2) is 7.42. The molecular formula is C22H21N3O. The van der Waals surface area contributed by atoms with Crippen LogP contribution in [0.1, 0.15) is 16.7 Å². The second-order valence-corrected chi connectivity index (χ2v) is 6.49. The first-order chi connectivity index (χ1) is 12.8. The van der Waals surface area contributed by atoms with Crippen LogP contribution in [0.2, 0.25) is 0 Å². The summed E-state index contributed by atoms with van der Waals surface area (Å²) in [5.41, 5.74) is 4.54. The van der Waals surface area contributed by atoms with Crippen molar-refractivity contribution in [3.05, 3.63) is 95.9 Å². The molecule has 4 heteroatoms. The Kier molecular flexibility index (Phi) is 4.67. The van der Waals surface area contributed by atoms with Crippen LogP contribution in [0.5, 0.6) is 5.75 Å². The maximum absolute atomic E-state index is 10.1. The maximum Gasteiger partial charge on any atom is 0.138 e. The van der Waals surface area contributed by atoms with E-state index in [1.54, 1.807) is 6.20 Å². The van der Waals surface area contributed by atoms with Crippen molar-refractivity contribution in [3.63, 3.8) is 0 Å². The van der Waals surface area contributed by atoms with Gasteiger partial charge in [0.05, 0.1) is 6.20 Å². The molecular weight excluding hydrogens is 322 g/mol. The molecule has 0 saturated carbocycles. The van der Waals surface area contributed by atoms with Crippen molar-refractivity contribution < 1.29 is 5.11 Å². The number of rotatable bonds is 6. The Hall–Kier alpha value is -3.11. The van der Waals surface area contributed by atoms with Crippen molar-refractivity contribution in [1.82, 2.24) is 14.9 Å². The van der Waals surface area contributed by atoms with E-state index in [0.29, 0.717) is 6.54 Å². The van der Waals surface area contributed by atoms with Gasteiger partial charge in [-0.25, -0.2) is 0 Å². The third-order valence-electron chi connectivity index (χ3n) is 4.60. The first kappa shape index (κ1) is 16.4. The molecule has 0 atom stereocenters. The monoisotopic (exact) mass is 343 g/mol. The average molecular weight is 343 g/mol. The van der Waals surface area contributed by atoms with Crippen LogP contribution < -0.4 is 0 Å². The molecule has 4 aromatic rings. The fourth-order valence-corrected chi connectivity index (χ4v) is 3.30. The van der Waals surface area contributed by atoms with Gasteiger partial charge >= 0.3 is 0 Å². The Labute approximate surface area is 152 Å². The Morgan fingerprint density at radius 1 is 0.846 bits per heavy atom. The van der Waals surface area contributed by atoms with Crippen LogP contribution in [0.4, 0.5) is 0 Å². The fraction of sp³-hybridized carbons (Fsp3) is 0.136. The molecule has 26 heavy (non-hydrogen) atoms. The summed E-state index contributed by atoms with van der Waals surface area (Å²) in [6.07, 6.45) is 5.30. The topological polar surface area (TPSA) is 52.2 Å². The number of H-pyrrole nitrogens is 1. The van der Waals surface area contributed by atoms with Gasteiger partial charge in [-0.2, -0.15) is 0 Å². The van der Waals surface area contributed by atoms with E-state index in [-0.39, 0.29) is 5.75 Å². The smallest absolute Gasteiger partial charge is 0.138 e. The molecule has 0 aliphatic heterocycles. The molecule has 2 N–H and O–H groups in total. The number of nitrogens with zero attached hydrogens (tertiary/aromatic N) is 2. The van der Waals surface area contributed by atoms with E-state index < -0.39 is 0 Å². The molecule has 0 spiro atoms. The number of benzene rings is 2. The number of nitrogens with one attached hydrogen (secondary N) is 1. The van der Waals surface area contributed by atoms with Crippen molar-refractivity contribution in [2.45, 2.75) is 19.6 Å². The molecule has 0 aliphatic rings. The zero-order chi connectivity index (χ0) is 17.8. The van der Waals surface area contributed by atoms with Crippen LogP contribution in [0.3, 0.4) is 0 Å². The van der Waals surface area contributed by atoms with Gasteiger partial charge in [0, 0.05) is 48.5 Å². The van der Waals surface area contributed by atoms with Gasteiger partial charge in [0.25, 0.3) is 0 Å². The summed E-state index contributed by atoms with van der Waals surface area (Å²) >= 11 is 0. The molecule has 2 heterocycles. The van der Waals surface area contributed by atoms with Gasteiger partial charge in [-0.3, -0.25) is 9.88 Å². The number of fused-ring (bicyclic) bond motifs is 1. The van der Waals surface area contributed by atoms with E-state index in [9.17, 15) is 5.11 Å². The third kappa shape index (κ3) is 3.60. The number of pyridine rings is 1. The summed E-state index contributed by atoms with van der Waals surface area (Å²) in [4.78, 5) is 9.66. The highest BCUT2D eigenvalue weighted by Gasteiger charge is 2.13. The van der Waals surface area contributed by atoms with E-state index >= 15 is 0 Å². The summed E-state index contributed by atoms with van der Waals surface area (Å²) in [7, 11) is 0. The summed E-state index contributed by atoms with van der Waals surface area (Å²) in [5.74, 6) is 0.240. The molecule has 0 amide bonds. The molecule has 2 aromatic heterocycles. The number of para-hydroxylation sites is 1. The Morgan fingerprint density at radius 3 is 2.46 bits per heavy atom. The molecule has 130 valence electrons. The van der Waals surface area contributed by atoms with Gasteiger partial charge in [0.2, 0.25) is 0 Å². The van der Waals surface area contributed by atoms with Gasteiger partial charge < -0.3 is 10.1 Å². The van der Waals surface area contributed by atoms with E-state index in [2.05, 4.69) is 63.5 Å². The number of aromatic amines is 1. The summed E-state index contributed by atoms with van der Waals surface area (Å²) in [5, 5.41) is 11.4. The van der Waals surface area contributed by atoms with Crippen LogP contribution in [0.25, 0.3) is 10.9 Å². The molecule has 0 radical (unpaired) electrons. The van der Waals surface area contributed by atoms with Crippen molar-refractivity contribution in [1.29, 1.82) is 0 Å². The molecule has 2 aromatic carbocycles. The van der Waals surface area contributed by atoms with Crippen LogP contribution in [0.15, 0.2) is 79.3 Å². The van der Waals surface area contributed by atoms with Crippen LogP contribution in [-0.2, 0) is 19.6 Å². The second-order valence-electron chi connectivity index (χ2n) is 6.49. The maximum atomic E-state index is 10.1. The Bertz CT molecular complexity index is 994. The van der Waals surface area contributed by atoms with Gasteiger partial charge in [-0.1, -0.05) is 48.5 Å². The van der Waals surface area contributed by atoms with Crippen molar-refractivity contribution in [3.8, 4) is 5.75 Å². The Balaban J connectivity index is 1.62. The highest BCUT2D eigenvalue weighted by atomic mass is 16.3. The minimum atomic E-state index is 0.240. The minimum absolute atomic E-state index is 0.240. The van der Waals surface area contributed by atoms with Crippen molar-refractivity contribution >= 4 is 10.9 Å². The zero-order valence-electron chi connectivity index (χ0n) is 14.5. The minimum Gasteiger partial charge on any atom is -0.506 e. The average Bonchev–Trinajstić information content (AvgIpc) is 3.07. The highest BCUT2D eigenvalue weighted by Crippen LogP contribution is 2.23. The molecule has 4 rings (SSSR count). The summed E-state index contributed by atoms with van der Waals surface area (Å²) in [6, 6.07) is 20.6. The van der Waals surface area contributed by atoms with Crippen molar-refractivity contribution in [2.24, 2.45) is 0 Å². The fourth-order valence-electron chi connectivity index (χ4n) is 3.30. The van der Waals surface area contributed by atoms with E-state index in [4.69, 9.17) is 0 Å². The number of hydrogen-bond donors (Lipinski definition) is 2. The number of hydrogen-bond acceptors (Lipinski definition) is 3. The molecule has 0 aliphatic carbocycles. The lowest BCUT2D eigenvalue weighted by atomic mass is 10.1. The lowest BCUT2D eigenvalue weighted by Gasteiger charge is -2.23. The van der Waals surface area contributed by atoms with E-state index in [1.165, 1.54) is 22.7 Å². The first-order valence-electron chi connectivity index (χ1n) is 8.73. The van der Waals surface area contributed by atoms with E-state index in [1.807, 2.05) is 18.2 Å². The predicted molar refractivity (Wildman–Crippen MR) is 104 cm³/mol. The molecule has 0 saturated heterocycles. The SMILES string of the molecule is Oc1cnccc1CN(Cc1ccccc1)Cc1c[nH]c2ccccc12. The van der Waals surface area contributed by atoms with Crippen LogP contribution in [0, 0.1) is 0 Å². The molecule has 4 nitrogen and oxygen atoms in total. The van der Waals surface area contributed by atoms with Crippen LogP contribution in [-0.4, -0.2) is 20.0 Å². The first-order valence-corrected chi connectivity index (χ1v) is 8.73. The Morgan fingerprint density at radius 2 is 1.62 bits per heavy atom. The van der Waals surface area contributed by atoms with Gasteiger partial charge in [0.1, 0.15) is 5.75 Å². The highest BCUT2D eigenvalue weighted by molar-refractivity contribution is 5.82. The van der Waals surface area contributed by atoms with Gasteiger partial charge in [-0.05, 0) is 23.3 Å². The molecule has 0 unspecified atom stereocenters. The molecule has 0 bridgehead atoms. The van der Waals surface area contributed by atoms with E-state index in [0.717, 1.165) is 24.2 Å². The summed E-state index contributed by atoms with van der Waals surface area (Å²) < 4.78 is 0.